The van der Waals surface area contributed by atoms with Crippen LogP contribution in [0, 0.1) is 18.7 Å². The fourth-order valence-electron chi connectivity index (χ4n) is 4.08. The Bertz CT molecular complexity index is 763. The fourth-order valence-corrected chi connectivity index (χ4v) is 4.22. The molecule has 0 N–H and O–H groups in total. The van der Waals surface area contributed by atoms with Gasteiger partial charge in [-0.05, 0) is 44.6 Å². The molecule has 2 aliphatic rings. The minimum atomic E-state index is -0.371. The van der Waals surface area contributed by atoms with Crippen molar-refractivity contribution < 1.29 is 13.7 Å². The highest BCUT2D eigenvalue weighted by Crippen LogP contribution is 2.38. The Kier molecular flexibility index (Phi) is 5.09. The van der Waals surface area contributed by atoms with Gasteiger partial charge < -0.3 is 14.2 Å². The maximum Gasteiger partial charge on any atom is 0.232 e. The number of rotatable bonds is 3. The van der Waals surface area contributed by atoms with E-state index in [1.54, 1.807) is 0 Å². The van der Waals surface area contributed by atoms with Crippen LogP contribution in [-0.2, 0) is 4.74 Å². The average molecular weight is 381 g/mol. The molecule has 26 heavy (non-hydrogen) atoms. The van der Waals surface area contributed by atoms with Crippen LogP contribution in [-0.4, -0.2) is 40.9 Å². The summed E-state index contributed by atoms with van der Waals surface area (Å²) in [7, 11) is 0. The Labute approximate surface area is 156 Å². The molecule has 4 rings (SSSR count). The third-order valence-electron chi connectivity index (χ3n) is 5.32. The summed E-state index contributed by atoms with van der Waals surface area (Å²) >= 11 is 5.80. The zero-order valence-electron chi connectivity index (χ0n) is 14.7. The Morgan fingerprint density at radius 1 is 1.27 bits per heavy atom. The highest BCUT2D eigenvalue weighted by atomic mass is 35.5. The van der Waals surface area contributed by atoms with Gasteiger partial charge in [-0.25, -0.2) is 9.37 Å². The lowest BCUT2D eigenvalue weighted by molar-refractivity contribution is -0.0489. The van der Waals surface area contributed by atoms with Gasteiger partial charge in [0.2, 0.25) is 5.89 Å². The predicted molar refractivity (Wildman–Crippen MR) is 94.9 cm³/mol. The van der Waals surface area contributed by atoms with Crippen LogP contribution in [0.4, 0.5) is 10.2 Å². The van der Waals surface area contributed by atoms with E-state index >= 15 is 0 Å². The predicted octanol–water partition coefficient (Wildman–Crippen LogP) is 3.74. The topological polar surface area (TPSA) is 64.3 Å². The normalized spacial score (nSPS) is 24.8. The first-order chi connectivity index (χ1) is 12.6. The molecular weight excluding hydrogens is 359 g/mol. The lowest BCUT2D eigenvalue weighted by Gasteiger charge is -2.40. The first-order valence-corrected chi connectivity index (χ1v) is 9.47. The van der Waals surface area contributed by atoms with Crippen LogP contribution in [0.15, 0.2) is 16.8 Å². The van der Waals surface area contributed by atoms with Gasteiger partial charge in [0.05, 0.1) is 17.0 Å². The van der Waals surface area contributed by atoms with E-state index in [0.717, 1.165) is 45.4 Å². The second-order valence-corrected chi connectivity index (χ2v) is 7.48. The Morgan fingerprint density at radius 2 is 2.08 bits per heavy atom. The van der Waals surface area contributed by atoms with E-state index in [1.165, 1.54) is 12.3 Å². The van der Waals surface area contributed by atoms with Gasteiger partial charge in [0.15, 0.2) is 17.5 Å². The first-order valence-electron chi connectivity index (χ1n) is 9.09. The number of ether oxygens (including phenoxy) is 1. The molecular formula is C18H22ClFN4O2. The molecule has 2 saturated heterocycles. The van der Waals surface area contributed by atoms with Crippen molar-refractivity contribution in [2.24, 2.45) is 5.92 Å². The van der Waals surface area contributed by atoms with Gasteiger partial charge in [-0.15, -0.1) is 0 Å². The van der Waals surface area contributed by atoms with E-state index in [-0.39, 0.29) is 17.8 Å². The number of halogens is 2. The van der Waals surface area contributed by atoms with Crippen molar-refractivity contribution in [3.63, 3.8) is 0 Å². The minimum absolute atomic E-state index is 0.0776. The van der Waals surface area contributed by atoms with Crippen LogP contribution in [0.5, 0.6) is 0 Å². The zero-order chi connectivity index (χ0) is 18.1. The average Bonchev–Trinajstić information content (AvgIpc) is 3.08. The molecule has 6 nitrogen and oxygen atoms in total. The molecule has 0 spiro atoms. The number of hydrogen-bond acceptors (Lipinski definition) is 6. The van der Waals surface area contributed by atoms with Crippen molar-refractivity contribution in [3.05, 3.63) is 34.8 Å². The molecule has 2 aromatic rings. The molecule has 0 aromatic carbocycles. The summed E-state index contributed by atoms with van der Waals surface area (Å²) in [6.07, 6.45) is 5.40. The van der Waals surface area contributed by atoms with Crippen molar-refractivity contribution in [1.29, 1.82) is 0 Å². The fraction of sp³-hybridized carbons (Fsp3) is 0.611. The molecule has 0 saturated carbocycles. The van der Waals surface area contributed by atoms with Gasteiger partial charge in [0.25, 0.3) is 0 Å². The summed E-state index contributed by atoms with van der Waals surface area (Å²) in [5, 5.41) is 4.24. The lowest BCUT2D eigenvalue weighted by atomic mass is 9.80. The second-order valence-electron chi connectivity index (χ2n) is 7.05. The quantitative estimate of drug-likeness (QED) is 0.808. The molecule has 140 valence electrons. The number of pyridine rings is 1. The van der Waals surface area contributed by atoms with Crippen LogP contribution in [0.1, 0.15) is 43.3 Å². The number of anilines is 1. The van der Waals surface area contributed by atoms with Gasteiger partial charge in [0, 0.05) is 25.9 Å². The second kappa shape index (κ2) is 7.48. The minimum Gasteiger partial charge on any atom is -0.377 e. The van der Waals surface area contributed by atoms with Crippen molar-refractivity contribution >= 4 is 17.4 Å². The molecule has 0 aliphatic carbocycles. The molecule has 2 aliphatic heterocycles. The molecule has 0 amide bonds. The number of piperidine rings is 1. The van der Waals surface area contributed by atoms with Crippen LogP contribution >= 0.6 is 11.6 Å². The van der Waals surface area contributed by atoms with E-state index in [9.17, 15) is 4.39 Å². The zero-order valence-corrected chi connectivity index (χ0v) is 15.5. The van der Waals surface area contributed by atoms with E-state index < -0.39 is 0 Å². The van der Waals surface area contributed by atoms with Gasteiger partial charge in [-0.3, -0.25) is 0 Å². The van der Waals surface area contributed by atoms with Crippen LogP contribution in [0.3, 0.4) is 0 Å². The smallest absolute Gasteiger partial charge is 0.232 e. The standard InChI is InChI=1S/C18H22ClFN4O2/c1-11-22-18(26-23-11)14-3-2-8-25-16(14)12-4-6-24(7-5-12)17-15(20)9-13(19)10-21-17/h9-10,12,14,16H,2-8H2,1H3/t14-,16+/m1/s1. The van der Waals surface area contributed by atoms with E-state index in [2.05, 4.69) is 15.1 Å². The summed E-state index contributed by atoms with van der Waals surface area (Å²) in [5.74, 6) is 1.88. The number of nitrogens with zero attached hydrogens (tertiary/aromatic N) is 4. The molecule has 0 bridgehead atoms. The number of aryl methyl sites for hydroxylation is 1. The number of aromatic nitrogens is 3. The highest BCUT2D eigenvalue weighted by molar-refractivity contribution is 6.30. The van der Waals surface area contributed by atoms with Crippen LogP contribution in [0.25, 0.3) is 0 Å². The van der Waals surface area contributed by atoms with Crippen molar-refractivity contribution in [2.45, 2.75) is 44.6 Å². The van der Waals surface area contributed by atoms with E-state index in [0.29, 0.717) is 28.5 Å². The molecule has 0 unspecified atom stereocenters. The van der Waals surface area contributed by atoms with Gasteiger partial charge in [0.1, 0.15) is 0 Å². The molecule has 2 fully saturated rings. The maximum absolute atomic E-state index is 14.1. The van der Waals surface area contributed by atoms with Gasteiger partial charge >= 0.3 is 0 Å². The summed E-state index contributed by atoms with van der Waals surface area (Å²) in [6, 6.07) is 1.31. The van der Waals surface area contributed by atoms with E-state index in [1.807, 2.05) is 11.8 Å². The Hall–Kier alpha value is -1.73. The van der Waals surface area contributed by atoms with Crippen molar-refractivity contribution in [2.75, 3.05) is 24.6 Å². The molecule has 8 heteroatoms. The maximum atomic E-state index is 14.1. The summed E-state index contributed by atoms with van der Waals surface area (Å²) in [6.45, 7) is 4.08. The van der Waals surface area contributed by atoms with Crippen molar-refractivity contribution in [3.8, 4) is 0 Å². The highest BCUT2D eigenvalue weighted by Gasteiger charge is 2.38. The Morgan fingerprint density at radius 3 is 2.77 bits per heavy atom. The number of hydrogen-bond donors (Lipinski definition) is 0. The van der Waals surface area contributed by atoms with Gasteiger partial charge in [-0.1, -0.05) is 16.8 Å². The van der Waals surface area contributed by atoms with Crippen molar-refractivity contribution in [1.82, 2.24) is 15.1 Å². The van der Waals surface area contributed by atoms with Crippen LogP contribution < -0.4 is 4.90 Å². The molecule has 2 aromatic heterocycles. The molecule has 0 radical (unpaired) electrons. The monoisotopic (exact) mass is 380 g/mol. The SMILES string of the molecule is Cc1noc([C@@H]2CCCO[C@H]2C2CCN(c3ncc(Cl)cc3F)CC2)n1. The summed E-state index contributed by atoms with van der Waals surface area (Å²) in [4.78, 5) is 10.6. The third-order valence-corrected chi connectivity index (χ3v) is 5.53. The molecule has 2 atom stereocenters. The van der Waals surface area contributed by atoms with Crippen LogP contribution in [0.2, 0.25) is 5.02 Å². The Balaban J connectivity index is 1.44. The lowest BCUT2D eigenvalue weighted by Crippen LogP contribution is -2.43. The van der Waals surface area contributed by atoms with E-state index in [4.69, 9.17) is 20.9 Å². The largest absolute Gasteiger partial charge is 0.377 e. The molecule has 4 heterocycles. The summed E-state index contributed by atoms with van der Waals surface area (Å²) < 4.78 is 25.7. The third kappa shape index (κ3) is 3.55. The van der Waals surface area contributed by atoms with Gasteiger partial charge in [-0.2, -0.15) is 4.98 Å². The summed E-state index contributed by atoms with van der Waals surface area (Å²) in [5.41, 5.74) is 0. The first kappa shape index (κ1) is 17.7.